The molecule has 0 saturated carbocycles. The van der Waals surface area contributed by atoms with Crippen LogP contribution in [0.2, 0.25) is 0 Å². The second-order valence-corrected chi connectivity index (χ2v) is 5.24. The number of ketones is 1. The Morgan fingerprint density at radius 1 is 1.32 bits per heavy atom. The topological polar surface area (TPSA) is 64.6 Å². The molecule has 1 amide bonds. The highest BCUT2D eigenvalue weighted by atomic mass is 16.5. The van der Waals surface area contributed by atoms with Crippen molar-refractivity contribution in [2.45, 2.75) is 26.8 Å². The zero-order valence-corrected chi connectivity index (χ0v) is 13.6. The van der Waals surface area contributed by atoms with Gasteiger partial charge in [0.25, 0.3) is 0 Å². The molecule has 5 heteroatoms. The highest BCUT2D eigenvalue weighted by molar-refractivity contribution is 6.04. The van der Waals surface area contributed by atoms with E-state index in [0.29, 0.717) is 17.9 Å². The van der Waals surface area contributed by atoms with E-state index in [1.807, 2.05) is 6.07 Å². The molecule has 0 bridgehead atoms. The van der Waals surface area contributed by atoms with Crippen molar-refractivity contribution in [2.75, 3.05) is 14.2 Å². The molecule has 1 atom stereocenters. The Bertz CT molecular complexity index is 568. The minimum absolute atomic E-state index is 0.188. The van der Waals surface area contributed by atoms with Gasteiger partial charge in [-0.1, -0.05) is 6.08 Å². The monoisotopic (exact) mass is 305 g/mol. The summed E-state index contributed by atoms with van der Waals surface area (Å²) in [7, 11) is 3.13. The van der Waals surface area contributed by atoms with E-state index in [4.69, 9.17) is 9.47 Å². The molecule has 0 aliphatic rings. The van der Waals surface area contributed by atoms with Crippen LogP contribution in [-0.2, 0) is 16.1 Å². The number of amides is 1. The van der Waals surface area contributed by atoms with Gasteiger partial charge in [0.05, 0.1) is 14.2 Å². The largest absolute Gasteiger partial charge is 0.497 e. The first-order valence-corrected chi connectivity index (χ1v) is 7.00. The van der Waals surface area contributed by atoms with Gasteiger partial charge < -0.3 is 14.8 Å². The van der Waals surface area contributed by atoms with E-state index < -0.39 is 5.41 Å². The van der Waals surface area contributed by atoms with Crippen molar-refractivity contribution in [1.29, 1.82) is 0 Å². The molecule has 0 spiro atoms. The summed E-state index contributed by atoms with van der Waals surface area (Å²) in [6.07, 6.45) is 1.88. The van der Waals surface area contributed by atoms with E-state index in [9.17, 15) is 9.59 Å². The van der Waals surface area contributed by atoms with E-state index in [0.717, 1.165) is 5.56 Å². The minimum Gasteiger partial charge on any atom is -0.497 e. The van der Waals surface area contributed by atoms with Crippen LogP contribution in [0.4, 0.5) is 0 Å². The fraction of sp³-hybridized carbons (Fsp3) is 0.412. The number of methoxy groups -OCH3 is 2. The van der Waals surface area contributed by atoms with E-state index in [2.05, 4.69) is 11.9 Å². The maximum atomic E-state index is 12.3. The zero-order chi connectivity index (χ0) is 16.8. The van der Waals surface area contributed by atoms with Crippen LogP contribution in [0.1, 0.15) is 25.8 Å². The molecular weight excluding hydrogens is 282 g/mol. The Morgan fingerprint density at radius 3 is 2.50 bits per heavy atom. The number of ether oxygens (including phenoxy) is 2. The number of carbonyl (C=O) groups excluding carboxylic acids is 2. The van der Waals surface area contributed by atoms with E-state index in [1.54, 1.807) is 39.4 Å². The second-order valence-electron chi connectivity index (χ2n) is 5.24. The van der Waals surface area contributed by atoms with Crippen LogP contribution in [0.5, 0.6) is 11.5 Å². The molecule has 1 aromatic rings. The lowest BCUT2D eigenvalue weighted by Crippen LogP contribution is -2.43. The quantitative estimate of drug-likeness (QED) is 0.592. The van der Waals surface area contributed by atoms with Gasteiger partial charge in [-0.15, -0.1) is 6.58 Å². The summed E-state index contributed by atoms with van der Waals surface area (Å²) in [5.41, 5.74) is -0.289. The van der Waals surface area contributed by atoms with Crippen molar-refractivity contribution < 1.29 is 19.1 Å². The van der Waals surface area contributed by atoms with Crippen LogP contribution in [-0.4, -0.2) is 25.9 Å². The molecular formula is C17H23NO4. The molecule has 0 heterocycles. The molecule has 0 aliphatic carbocycles. The molecule has 120 valence electrons. The summed E-state index contributed by atoms with van der Waals surface area (Å²) in [4.78, 5) is 24.1. The number of Topliss-reactive ketones (excluding diaryl/α,β-unsaturated/α-hetero) is 1. The maximum Gasteiger partial charge on any atom is 0.233 e. The zero-order valence-electron chi connectivity index (χ0n) is 13.6. The lowest BCUT2D eigenvalue weighted by molar-refractivity contribution is -0.139. The molecule has 0 radical (unpaired) electrons. The van der Waals surface area contributed by atoms with Crippen molar-refractivity contribution in [3.63, 3.8) is 0 Å². The fourth-order valence-corrected chi connectivity index (χ4v) is 2.05. The van der Waals surface area contributed by atoms with Gasteiger partial charge in [-0.25, -0.2) is 0 Å². The standard InChI is InChI=1S/C17H23NO4/c1-6-9-17(3,12(2)19)16(20)18-11-13-7-8-14(21-4)10-15(13)22-5/h6-8,10H,1,9,11H2,2-5H3,(H,18,20). The van der Waals surface area contributed by atoms with E-state index in [-0.39, 0.29) is 18.2 Å². The predicted octanol–water partition coefficient (Wildman–Crippen LogP) is 2.49. The van der Waals surface area contributed by atoms with Gasteiger partial charge in [-0.05, 0) is 32.4 Å². The Kier molecular flexibility index (Phi) is 6.16. The summed E-state index contributed by atoms with van der Waals surface area (Å²) in [6.45, 7) is 6.92. The van der Waals surface area contributed by atoms with E-state index >= 15 is 0 Å². The lowest BCUT2D eigenvalue weighted by atomic mass is 9.82. The number of hydrogen-bond donors (Lipinski definition) is 1. The number of carbonyl (C=O) groups is 2. The summed E-state index contributed by atoms with van der Waals surface area (Å²) >= 11 is 0. The maximum absolute atomic E-state index is 12.3. The number of hydrogen-bond acceptors (Lipinski definition) is 4. The average Bonchev–Trinajstić information content (AvgIpc) is 2.52. The third-order valence-electron chi connectivity index (χ3n) is 3.76. The van der Waals surface area contributed by atoms with Gasteiger partial charge >= 0.3 is 0 Å². The fourth-order valence-electron chi connectivity index (χ4n) is 2.05. The summed E-state index contributed by atoms with van der Waals surface area (Å²) in [5, 5.41) is 2.79. The summed E-state index contributed by atoms with van der Waals surface area (Å²) in [5.74, 6) is 0.782. The lowest BCUT2D eigenvalue weighted by Gasteiger charge is -2.24. The van der Waals surface area contributed by atoms with Gasteiger partial charge in [0, 0.05) is 18.2 Å². The molecule has 1 aromatic carbocycles. The Labute approximate surface area is 131 Å². The first kappa shape index (κ1) is 17.8. The third-order valence-corrected chi connectivity index (χ3v) is 3.76. The van der Waals surface area contributed by atoms with Crippen molar-refractivity contribution in [2.24, 2.45) is 5.41 Å². The van der Waals surface area contributed by atoms with Crippen molar-refractivity contribution >= 4 is 11.7 Å². The Balaban J connectivity index is 2.87. The Hall–Kier alpha value is -2.30. The SMILES string of the molecule is C=CCC(C)(C(C)=O)C(=O)NCc1ccc(OC)cc1OC. The minimum atomic E-state index is -1.10. The van der Waals surface area contributed by atoms with Gasteiger partial charge in [0.2, 0.25) is 5.91 Å². The van der Waals surface area contributed by atoms with Crippen molar-refractivity contribution in [3.8, 4) is 11.5 Å². The summed E-state index contributed by atoms with van der Waals surface area (Å²) in [6, 6.07) is 5.35. The molecule has 1 rings (SSSR count). The van der Waals surface area contributed by atoms with Gasteiger partial charge in [-0.3, -0.25) is 9.59 Å². The van der Waals surface area contributed by atoms with Crippen LogP contribution in [0.3, 0.4) is 0 Å². The molecule has 1 N–H and O–H groups in total. The number of benzene rings is 1. The normalized spacial score (nSPS) is 12.9. The molecule has 22 heavy (non-hydrogen) atoms. The van der Waals surface area contributed by atoms with Crippen molar-refractivity contribution in [1.82, 2.24) is 5.32 Å². The van der Waals surface area contributed by atoms with Gasteiger partial charge in [0.1, 0.15) is 22.7 Å². The predicted molar refractivity (Wildman–Crippen MR) is 85.0 cm³/mol. The molecule has 0 fully saturated rings. The highest BCUT2D eigenvalue weighted by Gasteiger charge is 2.36. The molecule has 5 nitrogen and oxygen atoms in total. The highest BCUT2D eigenvalue weighted by Crippen LogP contribution is 2.26. The third kappa shape index (κ3) is 3.87. The molecule has 0 saturated heterocycles. The number of rotatable bonds is 8. The molecule has 0 aliphatic heterocycles. The van der Waals surface area contributed by atoms with Crippen LogP contribution < -0.4 is 14.8 Å². The van der Waals surface area contributed by atoms with Crippen molar-refractivity contribution in [3.05, 3.63) is 36.4 Å². The first-order chi connectivity index (χ1) is 10.4. The molecule has 0 aromatic heterocycles. The number of allylic oxidation sites excluding steroid dienone is 1. The van der Waals surface area contributed by atoms with Crippen LogP contribution in [0.15, 0.2) is 30.9 Å². The second kappa shape index (κ2) is 7.64. The van der Waals surface area contributed by atoms with Crippen LogP contribution >= 0.6 is 0 Å². The average molecular weight is 305 g/mol. The van der Waals surface area contributed by atoms with Gasteiger partial charge in [0.15, 0.2) is 0 Å². The van der Waals surface area contributed by atoms with Gasteiger partial charge in [-0.2, -0.15) is 0 Å². The van der Waals surface area contributed by atoms with E-state index in [1.165, 1.54) is 6.92 Å². The number of nitrogens with one attached hydrogen (secondary N) is 1. The Morgan fingerprint density at radius 2 is 2.00 bits per heavy atom. The van der Waals surface area contributed by atoms with Crippen LogP contribution in [0.25, 0.3) is 0 Å². The summed E-state index contributed by atoms with van der Waals surface area (Å²) < 4.78 is 10.4. The van der Waals surface area contributed by atoms with Crippen LogP contribution in [0, 0.1) is 5.41 Å². The smallest absolute Gasteiger partial charge is 0.233 e. The molecule has 1 unspecified atom stereocenters. The first-order valence-electron chi connectivity index (χ1n) is 7.00.